The van der Waals surface area contributed by atoms with E-state index in [4.69, 9.17) is 9.47 Å². The van der Waals surface area contributed by atoms with E-state index in [1.54, 1.807) is 31.4 Å². The van der Waals surface area contributed by atoms with Crippen LogP contribution in [0.3, 0.4) is 0 Å². The van der Waals surface area contributed by atoms with Gasteiger partial charge in [0.05, 0.1) is 13.2 Å². The van der Waals surface area contributed by atoms with Crippen LogP contribution in [0.15, 0.2) is 42.5 Å². The van der Waals surface area contributed by atoms with Crippen molar-refractivity contribution in [3.8, 4) is 17.2 Å². The molecule has 0 unspecified atom stereocenters. The van der Waals surface area contributed by atoms with Crippen LogP contribution in [0.4, 0.5) is 0 Å². The average molecular weight is 358 g/mol. The molecule has 0 aromatic heterocycles. The van der Waals surface area contributed by atoms with Crippen LogP contribution in [0.25, 0.3) is 0 Å². The van der Waals surface area contributed by atoms with E-state index in [0.717, 1.165) is 24.0 Å². The zero-order chi connectivity index (χ0) is 18.9. The maximum Gasteiger partial charge on any atom is 0.160 e. The highest BCUT2D eigenvalue weighted by Crippen LogP contribution is 2.27. The monoisotopic (exact) mass is 358 g/mol. The quantitative estimate of drug-likeness (QED) is 0.678. The Morgan fingerprint density at radius 3 is 2.35 bits per heavy atom. The second-order valence-electron chi connectivity index (χ2n) is 6.31. The van der Waals surface area contributed by atoms with E-state index in [9.17, 15) is 15.0 Å². The van der Waals surface area contributed by atoms with Crippen LogP contribution in [0, 0.1) is 0 Å². The van der Waals surface area contributed by atoms with Gasteiger partial charge in [-0.3, -0.25) is 4.79 Å². The number of methoxy groups -OCH3 is 2. The third kappa shape index (κ3) is 6.08. The number of aromatic hydroxyl groups is 2. The van der Waals surface area contributed by atoms with Crippen LogP contribution in [0.2, 0.25) is 0 Å². The van der Waals surface area contributed by atoms with Gasteiger partial charge in [-0.15, -0.1) is 0 Å². The van der Waals surface area contributed by atoms with Gasteiger partial charge < -0.3 is 19.7 Å². The molecule has 0 saturated heterocycles. The summed E-state index contributed by atoms with van der Waals surface area (Å²) in [7, 11) is 3.14. The Morgan fingerprint density at radius 2 is 1.69 bits per heavy atom. The first-order valence-electron chi connectivity index (χ1n) is 8.70. The summed E-state index contributed by atoms with van der Waals surface area (Å²) in [5.41, 5.74) is 2.06. The summed E-state index contributed by atoms with van der Waals surface area (Å²) in [6.07, 6.45) is 2.81. The van der Waals surface area contributed by atoms with E-state index in [1.165, 1.54) is 7.11 Å². The van der Waals surface area contributed by atoms with Gasteiger partial charge in [-0.1, -0.05) is 18.2 Å². The van der Waals surface area contributed by atoms with E-state index < -0.39 is 0 Å². The van der Waals surface area contributed by atoms with Crippen LogP contribution >= 0.6 is 0 Å². The summed E-state index contributed by atoms with van der Waals surface area (Å²) in [6.45, 7) is 0. The summed E-state index contributed by atoms with van der Waals surface area (Å²) >= 11 is 0. The summed E-state index contributed by atoms with van der Waals surface area (Å²) < 4.78 is 10.6. The molecule has 0 aliphatic carbocycles. The van der Waals surface area contributed by atoms with Gasteiger partial charge in [0.15, 0.2) is 11.5 Å². The number of aryl methyl sites for hydroxylation is 2. The molecule has 0 heterocycles. The lowest BCUT2D eigenvalue weighted by Gasteiger charge is -2.15. The fraction of sp³-hybridized carbons (Fsp3) is 0.381. The molecule has 0 aliphatic rings. The number of hydrogen-bond donors (Lipinski definition) is 2. The Morgan fingerprint density at radius 1 is 1.00 bits per heavy atom. The number of benzene rings is 2. The molecule has 0 aliphatic heterocycles. The second-order valence-corrected chi connectivity index (χ2v) is 6.31. The van der Waals surface area contributed by atoms with Crippen LogP contribution in [-0.4, -0.2) is 36.3 Å². The zero-order valence-corrected chi connectivity index (χ0v) is 15.3. The number of carbonyl (C=O) groups excluding carboxylic acids is 1. The van der Waals surface area contributed by atoms with Crippen molar-refractivity contribution in [3.05, 3.63) is 53.6 Å². The highest BCUT2D eigenvalue weighted by Gasteiger charge is 2.14. The zero-order valence-electron chi connectivity index (χ0n) is 15.3. The standard InChI is InChI=1S/C21H26O5/c1-25-19(11-6-16-7-12-20(24)21(13-16)26-2)14-18(23)10-5-15-3-8-17(22)9-4-15/h3-4,7-9,12-13,19,22,24H,5-6,10-11,14H2,1-2H3/t19-/m1/s1. The average Bonchev–Trinajstić information content (AvgIpc) is 2.65. The summed E-state index contributed by atoms with van der Waals surface area (Å²) in [5.74, 6) is 0.948. The molecule has 0 bridgehead atoms. The molecule has 1 atom stereocenters. The van der Waals surface area contributed by atoms with Crippen molar-refractivity contribution in [1.82, 2.24) is 0 Å². The number of ketones is 1. The minimum atomic E-state index is -0.137. The number of Topliss-reactive ketones (excluding diaryl/α,β-unsaturated/α-hetero) is 1. The van der Waals surface area contributed by atoms with Gasteiger partial charge in [0, 0.05) is 20.0 Å². The first-order chi connectivity index (χ1) is 12.5. The van der Waals surface area contributed by atoms with Crippen molar-refractivity contribution in [3.63, 3.8) is 0 Å². The van der Waals surface area contributed by atoms with E-state index in [0.29, 0.717) is 25.0 Å². The van der Waals surface area contributed by atoms with E-state index in [-0.39, 0.29) is 23.4 Å². The molecule has 0 saturated carbocycles. The molecular formula is C21H26O5. The van der Waals surface area contributed by atoms with Gasteiger partial charge in [-0.2, -0.15) is 0 Å². The van der Waals surface area contributed by atoms with E-state index >= 15 is 0 Å². The molecule has 5 nitrogen and oxygen atoms in total. The summed E-state index contributed by atoms with van der Waals surface area (Å²) in [4.78, 5) is 12.2. The molecule has 2 aromatic carbocycles. The second kappa shape index (κ2) is 9.82. The maximum absolute atomic E-state index is 12.2. The molecule has 2 aromatic rings. The van der Waals surface area contributed by atoms with Crippen molar-refractivity contribution in [2.24, 2.45) is 0 Å². The number of phenols is 2. The van der Waals surface area contributed by atoms with E-state index in [1.807, 2.05) is 18.2 Å². The number of carbonyl (C=O) groups is 1. The topological polar surface area (TPSA) is 76.0 Å². The van der Waals surface area contributed by atoms with Crippen molar-refractivity contribution in [2.45, 2.75) is 38.2 Å². The minimum Gasteiger partial charge on any atom is -0.508 e. The summed E-state index contributed by atoms with van der Waals surface area (Å²) in [6, 6.07) is 12.2. The minimum absolute atomic E-state index is 0.115. The fourth-order valence-electron chi connectivity index (χ4n) is 2.81. The lowest BCUT2D eigenvalue weighted by atomic mass is 10.00. The SMILES string of the molecule is COc1cc(CC[C@H](CC(=O)CCc2ccc(O)cc2)OC)ccc1O. The van der Waals surface area contributed by atoms with Gasteiger partial charge in [0.2, 0.25) is 0 Å². The van der Waals surface area contributed by atoms with Crippen molar-refractivity contribution < 1.29 is 24.5 Å². The van der Waals surface area contributed by atoms with E-state index in [2.05, 4.69) is 0 Å². The van der Waals surface area contributed by atoms with Gasteiger partial charge in [-0.25, -0.2) is 0 Å². The van der Waals surface area contributed by atoms with Crippen LogP contribution in [0.1, 0.15) is 30.4 Å². The van der Waals surface area contributed by atoms with Crippen LogP contribution < -0.4 is 4.74 Å². The van der Waals surface area contributed by atoms with Gasteiger partial charge >= 0.3 is 0 Å². The normalized spacial score (nSPS) is 11.9. The largest absolute Gasteiger partial charge is 0.508 e. The summed E-state index contributed by atoms with van der Waals surface area (Å²) in [5, 5.41) is 18.9. The number of phenolic OH excluding ortho intramolecular Hbond substituents is 2. The lowest BCUT2D eigenvalue weighted by molar-refractivity contribution is -0.121. The molecule has 0 amide bonds. The van der Waals surface area contributed by atoms with Crippen molar-refractivity contribution >= 4 is 5.78 Å². The lowest BCUT2D eigenvalue weighted by Crippen LogP contribution is -2.17. The highest BCUT2D eigenvalue weighted by molar-refractivity contribution is 5.79. The van der Waals surface area contributed by atoms with Gasteiger partial charge in [-0.05, 0) is 54.7 Å². The molecule has 0 radical (unpaired) electrons. The number of rotatable bonds is 10. The Balaban J connectivity index is 1.80. The first kappa shape index (κ1) is 19.8. The third-order valence-electron chi connectivity index (χ3n) is 4.42. The smallest absolute Gasteiger partial charge is 0.160 e. The first-order valence-corrected chi connectivity index (χ1v) is 8.70. The Labute approximate surface area is 154 Å². The predicted octanol–water partition coefficient (Wildman–Crippen LogP) is 3.65. The molecule has 26 heavy (non-hydrogen) atoms. The Hall–Kier alpha value is -2.53. The molecule has 140 valence electrons. The molecule has 0 fully saturated rings. The number of ether oxygens (including phenoxy) is 2. The van der Waals surface area contributed by atoms with Crippen LogP contribution in [0.5, 0.6) is 17.2 Å². The number of hydrogen-bond acceptors (Lipinski definition) is 5. The molecule has 2 N–H and O–H groups in total. The predicted molar refractivity (Wildman–Crippen MR) is 99.8 cm³/mol. The maximum atomic E-state index is 12.2. The van der Waals surface area contributed by atoms with Gasteiger partial charge in [0.25, 0.3) is 0 Å². The Kier molecular flexibility index (Phi) is 7.48. The molecule has 2 rings (SSSR count). The van der Waals surface area contributed by atoms with Crippen molar-refractivity contribution in [2.75, 3.05) is 14.2 Å². The van der Waals surface area contributed by atoms with Gasteiger partial charge in [0.1, 0.15) is 11.5 Å². The van der Waals surface area contributed by atoms with Crippen molar-refractivity contribution in [1.29, 1.82) is 0 Å². The third-order valence-corrected chi connectivity index (χ3v) is 4.42. The Bertz CT molecular complexity index is 709. The highest BCUT2D eigenvalue weighted by atomic mass is 16.5. The van der Waals surface area contributed by atoms with Crippen LogP contribution in [-0.2, 0) is 22.4 Å². The molecule has 0 spiro atoms. The molecule has 5 heteroatoms. The molecular weight excluding hydrogens is 332 g/mol. The fourth-order valence-corrected chi connectivity index (χ4v) is 2.81.